The summed E-state index contributed by atoms with van der Waals surface area (Å²) in [6.07, 6.45) is 1.75. The van der Waals surface area contributed by atoms with Crippen molar-refractivity contribution < 1.29 is 13.9 Å². The molecule has 0 aliphatic rings. The molecule has 2 aromatic rings. The Labute approximate surface area is 147 Å². The minimum Gasteiger partial charge on any atom is -0.475 e. The zero-order valence-corrected chi connectivity index (χ0v) is 14.5. The molecule has 0 saturated carbocycles. The Morgan fingerprint density at radius 3 is 2.56 bits per heavy atom. The summed E-state index contributed by atoms with van der Waals surface area (Å²) in [6.45, 7) is 2.05. The molecule has 1 aromatic carbocycles. The highest BCUT2D eigenvalue weighted by molar-refractivity contribution is 5.79. The van der Waals surface area contributed by atoms with Crippen molar-refractivity contribution in [3.05, 3.63) is 59.5 Å². The molecular weight excluding hydrogens is 323 g/mol. The van der Waals surface area contributed by atoms with E-state index >= 15 is 0 Å². The van der Waals surface area contributed by atoms with Gasteiger partial charge in [-0.3, -0.25) is 4.99 Å². The molecule has 1 heterocycles. The number of ether oxygens (including phenoxy) is 2. The average molecular weight is 346 g/mol. The Morgan fingerprint density at radius 2 is 1.92 bits per heavy atom. The number of methoxy groups -OCH3 is 1. The molecule has 0 amide bonds. The van der Waals surface area contributed by atoms with Crippen LogP contribution >= 0.6 is 0 Å². The van der Waals surface area contributed by atoms with Gasteiger partial charge in [0, 0.05) is 39.5 Å². The summed E-state index contributed by atoms with van der Waals surface area (Å²) in [5, 5.41) is 6.33. The van der Waals surface area contributed by atoms with Crippen molar-refractivity contribution in [3.63, 3.8) is 0 Å². The number of aliphatic imine (C=N–C) groups is 1. The van der Waals surface area contributed by atoms with Crippen LogP contribution in [-0.4, -0.2) is 38.3 Å². The third kappa shape index (κ3) is 6.76. The van der Waals surface area contributed by atoms with Crippen LogP contribution in [0.5, 0.6) is 5.88 Å². The summed E-state index contributed by atoms with van der Waals surface area (Å²) >= 11 is 0. The molecule has 0 saturated heterocycles. The van der Waals surface area contributed by atoms with E-state index in [1.165, 1.54) is 12.1 Å². The van der Waals surface area contributed by atoms with E-state index in [0.717, 1.165) is 11.1 Å². The normalized spacial score (nSPS) is 11.2. The van der Waals surface area contributed by atoms with Gasteiger partial charge in [-0.25, -0.2) is 9.37 Å². The van der Waals surface area contributed by atoms with Crippen LogP contribution in [0, 0.1) is 5.82 Å². The second-order valence-corrected chi connectivity index (χ2v) is 5.26. The van der Waals surface area contributed by atoms with Crippen molar-refractivity contribution in [1.29, 1.82) is 0 Å². The first-order valence-electron chi connectivity index (χ1n) is 7.97. The lowest BCUT2D eigenvalue weighted by Gasteiger charge is -2.12. The van der Waals surface area contributed by atoms with E-state index in [2.05, 4.69) is 20.6 Å². The molecular formula is C18H23FN4O2. The minimum absolute atomic E-state index is 0.249. The first-order valence-corrected chi connectivity index (χ1v) is 7.97. The molecule has 1 aromatic heterocycles. The Morgan fingerprint density at radius 1 is 1.12 bits per heavy atom. The van der Waals surface area contributed by atoms with Gasteiger partial charge in [0.1, 0.15) is 12.4 Å². The van der Waals surface area contributed by atoms with Crippen LogP contribution in [0.15, 0.2) is 47.6 Å². The van der Waals surface area contributed by atoms with Crippen molar-refractivity contribution in [2.24, 2.45) is 4.99 Å². The quantitative estimate of drug-likeness (QED) is 0.435. The fourth-order valence-corrected chi connectivity index (χ4v) is 2.07. The van der Waals surface area contributed by atoms with Gasteiger partial charge >= 0.3 is 0 Å². The molecule has 7 heteroatoms. The lowest BCUT2D eigenvalue weighted by atomic mass is 10.2. The minimum atomic E-state index is -0.249. The van der Waals surface area contributed by atoms with Gasteiger partial charge < -0.3 is 20.1 Å². The van der Waals surface area contributed by atoms with Crippen LogP contribution < -0.4 is 15.4 Å². The number of benzene rings is 1. The van der Waals surface area contributed by atoms with Gasteiger partial charge in [0.05, 0.1) is 6.61 Å². The van der Waals surface area contributed by atoms with Crippen molar-refractivity contribution in [3.8, 4) is 5.88 Å². The maximum atomic E-state index is 13.2. The van der Waals surface area contributed by atoms with Gasteiger partial charge in [0.25, 0.3) is 0 Å². The fraction of sp³-hybridized carbons (Fsp3) is 0.333. The summed E-state index contributed by atoms with van der Waals surface area (Å²) in [5.74, 6) is 0.945. The van der Waals surface area contributed by atoms with Crippen LogP contribution in [0.4, 0.5) is 4.39 Å². The van der Waals surface area contributed by atoms with Crippen molar-refractivity contribution in [1.82, 2.24) is 15.6 Å². The molecule has 6 nitrogen and oxygen atoms in total. The molecule has 0 bridgehead atoms. The summed E-state index contributed by atoms with van der Waals surface area (Å²) in [7, 11) is 3.31. The zero-order chi connectivity index (χ0) is 17.9. The van der Waals surface area contributed by atoms with Gasteiger partial charge in [-0.05, 0) is 23.3 Å². The third-order valence-corrected chi connectivity index (χ3v) is 3.37. The average Bonchev–Trinajstić information content (AvgIpc) is 2.63. The second kappa shape index (κ2) is 10.2. The van der Waals surface area contributed by atoms with E-state index in [4.69, 9.17) is 9.47 Å². The SMILES string of the molecule is CN=C(NCc1ccc(OCCOC)nc1)NCc1cccc(F)c1. The lowest BCUT2D eigenvalue weighted by molar-refractivity contribution is 0.143. The highest BCUT2D eigenvalue weighted by Gasteiger charge is 2.01. The van der Waals surface area contributed by atoms with E-state index in [-0.39, 0.29) is 5.82 Å². The summed E-state index contributed by atoms with van der Waals surface area (Å²) < 4.78 is 23.5. The van der Waals surface area contributed by atoms with Gasteiger partial charge in [0.2, 0.25) is 5.88 Å². The number of hydrogen-bond acceptors (Lipinski definition) is 4. The number of guanidine groups is 1. The number of hydrogen-bond donors (Lipinski definition) is 2. The van der Waals surface area contributed by atoms with Gasteiger partial charge in [-0.1, -0.05) is 18.2 Å². The van der Waals surface area contributed by atoms with Gasteiger partial charge in [-0.15, -0.1) is 0 Å². The number of aromatic nitrogens is 1. The topological polar surface area (TPSA) is 67.8 Å². The van der Waals surface area contributed by atoms with Gasteiger partial charge in [0.15, 0.2) is 5.96 Å². The fourth-order valence-electron chi connectivity index (χ4n) is 2.07. The van der Waals surface area contributed by atoms with Crippen LogP contribution in [0.25, 0.3) is 0 Å². The van der Waals surface area contributed by atoms with Crippen molar-refractivity contribution >= 4 is 5.96 Å². The van der Waals surface area contributed by atoms with Crippen LogP contribution in [0.1, 0.15) is 11.1 Å². The van der Waals surface area contributed by atoms with E-state index in [0.29, 0.717) is 38.1 Å². The standard InChI is InChI=1S/C18H23FN4O2/c1-20-18(22-11-14-4-3-5-16(19)10-14)23-13-15-6-7-17(21-12-15)25-9-8-24-2/h3-7,10,12H,8-9,11,13H2,1-2H3,(H2,20,22,23). The Bertz CT molecular complexity index is 677. The molecule has 0 radical (unpaired) electrons. The van der Waals surface area contributed by atoms with E-state index < -0.39 is 0 Å². The van der Waals surface area contributed by atoms with Gasteiger partial charge in [-0.2, -0.15) is 0 Å². The number of pyridine rings is 1. The molecule has 134 valence electrons. The Hall–Kier alpha value is -2.67. The van der Waals surface area contributed by atoms with E-state index in [1.807, 2.05) is 18.2 Å². The van der Waals surface area contributed by atoms with Crippen molar-refractivity contribution in [2.45, 2.75) is 13.1 Å². The summed E-state index contributed by atoms with van der Waals surface area (Å²) in [4.78, 5) is 8.39. The third-order valence-electron chi connectivity index (χ3n) is 3.37. The smallest absolute Gasteiger partial charge is 0.213 e. The number of nitrogens with zero attached hydrogens (tertiary/aromatic N) is 2. The highest BCUT2D eigenvalue weighted by atomic mass is 19.1. The molecule has 0 atom stereocenters. The summed E-state index contributed by atoms with van der Waals surface area (Å²) in [5.41, 5.74) is 1.84. The lowest BCUT2D eigenvalue weighted by Crippen LogP contribution is -2.36. The molecule has 0 spiro atoms. The Balaban J connectivity index is 1.78. The molecule has 25 heavy (non-hydrogen) atoms. The predicted molar refractivity (Wildman–Crippen MR) is 95.0 cm³/mol. The van der Waals surface area contributed by atoms with E-state index in [1.54, 1.807) is 26.4 Å². The second-order valence-electron chi connectivity index (χ2n) is 5.26. The molecule has 2 N–H and O–H groups in total. The molecule has 0 aliphatic heterocycles. The largest absolute Gasteiger partial charge is 0.475 e. The van der Waals surface area contributed by atoms with E-state index in [9.17, 15) is 4.39 Å². The number of halogens is 1. The van der Waals surface area contributed by atoms with Crippen LogP contribution in [0.2, 0.25) is 0 Å². The molecule has 0 fully saturated rings. The molecule has 2 rings (SSSR count). The maximum Gasteiger partial charge on any atom is 0.213 e. The number of nitrogens with one attached hydrogen (secondary N) is 2. The molecule has 0 unspecified atom stereocenters. The van der Waals surface area contributed by atoms with Crippen LogP contribution in [0.3, 0.4) is 0 Å². The monoisotopic (exact) mass is 346 g/mol. The molecule has 0 aliphatic carbocycles. The first kappa shape index (κ1) is 18.7. The predicted octanol–water partition coefficient (Wildman–Crippen LogP) is 2.11. The van der Waals surface area contributed by atoms with Crippen molar-refractivity contribution in [2.75, 3.05) is 27.4 Å². The number of rotatable bonds is 8. The maximum absolute atomic E-state index is 13.2. The Kier molecular flexibility index (Phi) is 7.65. The zero-order valence-electron chi connectivity index (χ0n) is 14.5. The summed E-state index contributed by atoms with van der Waals surface area (Å²) in [6, 6.07) is 10.2. The first-order chi connectivity index (χ1) is 12.2. The highest BCUT2D eigenvalue weighted by Crippen LogP contribution is 2.07. The van der Waals surface area contributed by atoms with Crippen LogP contribution in [-0.2, 0) is 17.8 Å².